The third-order valence-electron chi connectivity index (χ3n) is 6.02. The molecular formula is C22H27N7. The summed E-state index contributed by atoms with van der Waals surface area (Å²) in [5.74, 6) is 1.18. The van der Waals surface area contributed by atoms with Crippen LogP contribution in [0.3, 0.4) is 0 Å². The van der Waals surface area contributed by atoms with E-state index in [1.165, 1.54) is 5.56 Å². The van der Waals surface area contributed by atoms with Crippen LogP contribution in [0.15, 0.2) is 42.9 Å². The highest BCUT2D eigenvalue weighted by Gasteiger charge is 2.30. The van der Waals surface area contributed by atoms with Gasteiger partial charge in [-0.25, -0.2) is 9.97 Å². The van der Waals surface area contributed by atoms with E-state index in [1.54, 1.807) is 12.5 Å². The predicted octanol–water partition coefficient (Wildman–Crippen LogP) is 2.78. The molecule has 0 aromatic heterocycles. The smallest absolute Gasteiger partial charge is 0.162 e. The molecule has 3 aliphatic rings. The van der Waals surface area contributed by atoms with Crippen LogP contribution in [0, 0.1) is 17.2 Å². The largest absolute Gasteiger partial charge is 0.328 e. The van der Waals surface area contributed by atoms with Crippen LogP contribution in [0.1, 0.15) is 48.5 Å². The average Bonchev–Trinajstić information content (AvgIpc) is 3.26. The summed E-state index contributed by atoms with van der Waals surface area (Å²) < 4.78 is 1.92. The lowest BCUT2D eigenvalue weighted by Crippen LogP contribution is -2.37. The first-order chi connectivity index (χ1) is 14.2. The van der Waals surface area contributed by atoms with Gasteiger partial charge < -0.3 is 16.5 Å². The van der Waals surface area contributed by atoms with Crippen molar-refractivity contribution in [3.63, 3.8) is 0 Å². The molecule has 1 atom stereocenters. The van der Waals surface area contributed by atoms with E-state index >= 15 is 0 Å². The van der Waals surface area contributed by atoms with Crippen molar-refractivity contribution >= 4 is 0 Å². The Balaban J connectivity index is 1.36. The van der Waals surface area contributed by atoms with Crippen LogP contribution in [0.25, 0.3) is 11.4 Å². The fourth-order valence-corrected chi connectivity index (χ4v) is 4.32. The van der Waals surface area contributed by atoms with Crippen LogP contribution >= 0.6 is 0 Å². The van der Waals surface area contributed by atoms with E-state index in [0.717, 1.165) is 49.3 Å². The number of nitrogens with two attached hydrogens (primary N) is 1. The summed E-state index contributed by atoms with van der Waals surface area (Å²) in [7, 11) is 1.88. The second-order valence-electron chi connectivity index (χ2n) is 7.73. The summed E-state index contributed by atoms with van der Waals surface area (Å²) >= 11 is 0. The molecule has 0 saturated heterocycles. The van der Waals surface area contributed by atoms with Crippen LogP contribution < -0.4 is 16.5 Å². The maximum Gasteiger partial charge on any atom is 0.162 e. The Morgan fingerprint density at radius 1 is 1.17 bits per heavy atom. The number of rotatable bonds is 6. The number of nitriles is 1. The summed E-state index contributed by atoms with van der Waals surface area (Å²) in [5, 5.41) is 12.6. The highest BCUT2D eigenvalue weighted by molar-refractivity contribution is 5.60. The minimum absolute atomic E-state index is 0.0587. The van der Waals surface area contributed by atoms with Crippen molar-refractivity contribution in [1.82, 2.24) is 20.0 Å². The molecule has 4 rings (SSSR count). The molecule has 4 N–H and O–H groups in total. The molecule has 0 bridgehead atoms. The highest BCUT2D eigenvalue weighted by atomic mass is 15.4. The number of hydrogen-bond donors (Lipinski definition) is 3. The minimum Gasteiger partial charge on any atom is -0.328 e. The van der Waals surface area contributed by atoms with Crippen LogP contribution in [-0.4, -0.2) is 27.7 Å². The van der Waals surface area contributed by atoms with Crippen molar-refractivity contribution in [3.8, 4) is 17.5 Å². The highest BCUT2D eigenvalue weighted by Crippen LogP contribution is 2.36. The second-order valence-corrected chi connectivity index (χ2v) is 7.73. The van der Waals surface area contributed by atoms with Crippen molar-refractivity contribution in [2.45, 2.75) is 44.3 Å². The van der Waals surface area contributed by atoms with Crippen molar-refractivity contribution in [2.75, 3.05) is 12.5 Å². The molecule has 1 aliphatic carbocycles. The standard InChI is InChI=1S/C22H27N7/c1-25-29-14-28-22-19(10-11-26-22)21(29)20(24)17-6-8-18(9-7-17)27-13-16-4-2-15(12-23)3-5-16/h2-5,10-11,14,17-18,20,25,27H,6-9,13,24H2,1H3. The number of benzene rings is 1. The maximum absolute atomic E-state index is 8.91. The fourth-order valence-electron chi connectivity index (χ4n) is 4.32. The molecule has 0 amide bonds. The predicted molar refractivity (Wildman–Crippen MR) is 113 cm³/mol. The first-order valence-electron chi connectivity index (χ1n) is 10.2. The lowest BCUT2D eigenvalue weighted by Gasteiger charge is -2.34. The molecule has 1 aromatic carbocycles. The second kappa shape index (κ2) is 8.60. The fraction of sp³-hybridized carbons (Fsp3) is 0.409. The first-order valence-corrected chi connectivity index (χ1v) is 10.2. The van der Waals surface area contributed by atoms with E-state index in [-0.39, 0.29) is 6.04 Å². The van der Waals surface area contributed by atoms with Gasteiger partial charge in [0.05, 0.1) is 23.4 Å². The van der Waals surface area contributed by atoms with E-state index in [2.05, 4.69) is 26.8 Å². The van der Waals surface area contributed by atoms with E-state index in [9.17, 15) is 0 Å². The number of aromatic nitrogens is 3. The monoisotopic (exact) mass is 389 g/mol. The van der Waals surface area contributed by atoms with Crippen molar-refractivity contribution in [2.24, 2.45) is 11.7 Å². The van der Waals surface area contributed by atoms with Crippen LogP contribution in [0.2, 0.25) is 0 Å². The zero-order valence-corrected chi connectivity index (χ0v) is 16.7. The van der Waals surface area contributed by atoms with E-state index < -0.39 is 0 Å². The van der Waals surface area contributed by atoms with Crippen LogP contribution in [0.4, 0.5) is 0 Å². The zero-order chi connectivity index (χ0) is 20.2. The molecule has 150 valence electrons. The molecule has 1 fully saturated rings. The summed E-state index contributed by atoms with van der Waals surface area (Å²) in [5.41, 5.74) is 13.9. The van der Waals surface area contributed by atoms with E-state index in [1.807, 2.05) is 42.1 Å². The Labute approximate surface area is 171 Å². The molecule has 1 aromatic rings. The lowest BCUT2D eigenvalue weighted by molar-refractivity contribution is 0.254. The normalized spacial score (nSPS) is 20.3. The van der Waals surface area contributed by atoms with E-state index in [0.29, 0.717) is 17.5 Å². The molecule has 0 radical (unpaired) electrons. The first kappa shape index (κ1) is 19.4. The Morgan fingerprint density at radius 2 is 1.93 bits per heavy atom. The van der Waals surface area contributed by atoms with E-state index in [4.69, 9.17) is 11.0 Å². The Hall–Kier alpha value is -2.95. The number of hydrogen-bond acceptors (Lipinski definition) is 6. The number of nitrogens with one attached hydrogen (secondary N) is 2. The summed E-state index contributed by atoms with van der Waals surface area (Å²) in [4.78, 5) is 8.71. The minimum atomic E-state index is -0.0587. The molecule has 2 aliphatic heterocycles. The summed E-state index contributed by atoms with van der Waals surface area (Å²) in [6.45, 7) is 0.830. The van der Waals surface area contributed by atoms with Gasteiger partial charge in [0.1, 0.15) is 6.33 Å². The van der Waals surface area contributed by atoms with Gasteiger partial charge in [-0.15, -0.1) is 0 Å². The van der Waals surface area contributed by atoms with Crippen LogP contribution in [0.5, 0.6) is 0 Å². The lowest BCUT2D eigenvalue weighted by atomic mass is 9.80. The molecule has 1 unspecified atom stereocenters. The molecule has 2 heterocycles. The van der Waals surface area contributed by atoms with Crippen molar-refractivity contribution in [1.29, 1.82) is 5.26 Å². The van der Waals surface area contributed by atoms with Gasteiger partial charge in [0, 0.05) is 31.4 Å². The molecule has 1 saturated carbocycles. The third kappa shape index (κ3) is 4.09. The Morgan fingerprint density at radius 3 is 2.62 bits per heavy atom. The van der Waals surface area contributed by atoms with Gasteiger partial charge in [-0.05, 0) is 55.4 Å². The molecule has 7 nitrogen and oxygen atoms in total. The Kier molecular flexibility index (Phi) is 5.74. The molecular weight excluding hydrogens is 362 g/mol. The average molecular weight is 390 g/mol. The molecule has 7 heteroatoms. The van der Waals surface area contributed by atoms with Gasteiger partial charge in [-0.1, -0.05) is 12.1 Å². The van der Waals surface area contributed by atoms with Crippen molar-refractivity contribution in [3.05, 3.63) is 59.7 Å². The number of fused-ring (bicyclic) bond motifs is 1. The third-order valence-corrected chi connectivity index (χ3v) is 6.02. The van der Waals surface area contributed by atoms with Gasteiger partial charge in [-0.3, -0.25) is 4.68 Å². The summed E-state index contributed by atoms with van der Waals surface area (Å²) in [6.07, 6.45) is 7.96. The topological polar surface area (TPSA) is 105 Å². The van der Waals surface area contributed by atoms with Gasteiger partial charge in [-0.2, -0.15) is 5.26 Å². The van der Waals surface area contributed by atoms with Crippen LogP contribution in [-0.2, 0) is 6.54 Å². The molecule has 0 spiro atoms. The van der Waals surface area contributed by atoms with Crippen molar-refractivity contribution < 1.29 is 0 Å². The SMILES string of the molecule is CNn1cnc2nccc-2c1C(N)C1CCC(NCc2ccc(C#N)cc2)CC1. The number of nitrogens with zero attached hydrogens (tertiary/aromatic N) is 4. The van der Waals surface area contributed by atoms with Gasteiger partial charge >= 0.3 is 0 Å². The van der Waals surface area contributed by atoms with Gasteiger partial charge in [0.25, 0.3) is 0 Å². The van der Waals surface area contributed by atoms with Gasteiger partial charge in [0.2, 0.25) is 0 Å². The van der Waals surface area contributed by atoms with Gasteiger partial charge in [0.15, 0.2) is 5.82 Å². The zero-order valence-electron chi connectivity index (χ0n) is 16.7. The summed E-state index contributed by atoms with van der Waals surface area (Å²) in [6, 6.07) is 12.4. The Bertz CT molecular complexity index is 948. The maximum atomic E-state index is 8.91. The molecule has 29 heavy (non-hydrogen) atoms. The quantitative estimate of drug-likeness (QED) is 0.599.